The minimum Gasteiger partial charge on any atom is -0.317 e. The lowest BCUT2D eigenvalue weighted by Crippen LogP contribution is -2.40. The predicted octanol–water partition coefficient (Wildman–Crippen LogP) is 2.85. The maximum absolute atomic E-state index is 11.1. The smallest absolute Gasteiger partial charge is 0.275 e. The Morgan fingerprint density at radius 3 is 2.70 bits per heavy atom. The molecule has 1 N–H and O–H groups in total. The molecule has 1 aromatic rings. The second-order valence-electron chi connectivity index (χ2n) is 4.93. The molecule has 2 rings (SSSR count). The molecule has 1 aromatic carbocycles. The summed E-state index contributed by atoms with van der Waals surface area (Å²) in [5.74, 6) is 0. The summed E-state index contributed by atoms with van der Waals surface area (Å²) in [7, 11) is 2.02. The third-order valence-corrected chi connectivity index (χ3v) is 3.83. The predicted molar refractivity (Wildman–Crippen MR) is 82.7 cm³/mol. The third-order valence-electron chi connectivity index (χ3n) is 3.60. The topological polar surface area (TPSA) is 58.4 Å². The molecule has 0 amide bonds. The standard InChI is InChI=1S/C13H18ClN3O2.ClH/c1-16(12-4-6-15-7-5-12)9-10-2-3-11(14)8-13(10)17(18)19;/h2-3,8,12,15H,4-7,9H2,1H3;1H. The lowest BCUT2D eigenvalue weighted by atomic mass is 10.0. The first-order chi connectivity index (χ1) is 9.08. The number of piperidine rings is 1. The Morgan fingerprint density at radius 1 is 1.45 bits per heavy atom. The number of nitrogens with one attached hydrogen (secondary N) is 1. The highest BCUT2D eigenvalue weighted by Crippen LogP contribution is 2.25. The molecule has 7 heteroatoms. The normalized spacial score (nSPS) is 15.9. The van der Waals surface area contributed by atoms with Crippen molar-refractivity contribution in [3.05, 3.63) is 38.9 Å². The Bertz CT molecular complexity index is 465. The number of hydrogen-bond acceptors (Lipinski definition) is 4. The van der Waals surface area contributed by atoms with Crippen molar-refractivity contribution >= 4 is 29.7 Å². The Balaban J connectivity index is 0.00000200. The monoisotopic (exact) mass is 319 g/mol. The molecule has 1 heterocycles. The second kappa shape index (κ2) is 7.78. The summed E-state index contributed by atoms with van der Waals surface area (Å²) >= 11 is 5.82. The summed E-state index contributed by atoms with van der Waals surface area (Å²) in [4.78, 5) is 12.9. The largest absolute Gasteiger partial charge is 0.317 e. The molecule has 5 nitrogen and oxygen atoms in total. The molecule has 0 aliphatic carbocycles. The minimum absolute atomic E-state index is 0. The van der Waals surface area contributed by atoms with Gasteiger partial charge in [-0.05, 0) is 45.1 Å². The van der Waals surface area contributed by atoms with Gasteiger partial charge in [-0.1, -0.05) is 11.6 Å². The van der Waals surface area contributed by atoms with E-state index in [9.17, 15) is 10.1 Å². The average Bonchev–Trinajstić information content (AvgIpc) is 2.41. The number of rotatable bonds is 4. The fourth-order valence-corrected chi connectivity index (χ4v) is 2.65. The van der Waals surface area contributed by atoms with E-state index < -0.39 is 0 Å². The first-order valence-electron chi connectivity index (χ1n) is 6.41. The van der Waals surface area contributed by atoms with Crippen LogP contribution in [0.5, 0.6) is 0 Å². The average molecular weight is 320 g/mol. The molecule has 0 aromatic heterocycles. The van der Waals surface area contributed by atoms with Crippen molar-refractivity contribution in [2.75, 3.05) is 20.1 Å². The van der Waals surface area contributed by atoms with E-state index >= 15 is 0 Å². The van der Waals surface area contributed by atoms with Crippen LogP contribution in [0.2, 0.25) is 5.02 Å². The SMILES string of the molecule is CN(Cc1ccc(Cl)cc1[N+](=O)[O-])C1CCNCC1.Cl. The van der Waals surface area contributed by atoms with E-state index in [1.54, 1.807) is 12.1 Å². The Kier molecular flexibility index (Phi) is 6.68. The van der Waals surface area contributed by atoms with Gasteiger partial charge >= 0.3 is 0 Å². The number of halogens is 2. The summed E-state index contributed by atoms with van der Waals surface area (Å²) in [5, 5.41) is 14.8. The molecule has 0 saturated carbocycles. The van der Waals surface area contributed by atoms with Gasteiger partial charge in [-0.2, -0.15) is 0 Å². The highest BCUT2D eigenvalue weighted by Gasteiger charge is 2.21. The Hall–Kier alpha value is -0.880. The maximum atomic E-state index is 11.1. The first-order valence-corrected chi connectivity index (χ1v) is 6.79. The van der Waals surface area contributed by atoms with E-state index in [4.69, 9.17) is 11.6 Å². The maximum Gasteiger partial charge on any atom is 0.275 e. The van der Waals surface area contributed by atoms with Crippen molar-refractivity contribution < 1.29 is 4.92 Å². The molecule has 0 unspecified atom stereocenters. The van der Waals surface area contributed by atoms with Crippen LogP contribution in [0.15, 0.2) is 18.2 Å². The lowest BCUT2D eigenvalue weighted by Gasteiger charge is -2.31. The molecule has 1 saturated heterocycles. The van der Waals surface area contributed by atoms with Crippen LogP contribution in [0.3, 0.4) is 0 Å². The van der Waals surface area contributed by atoms with Crippen LogP contribution in [0.1, 0.15) is 18.4 Å². The summed E-state index contributed by atoms with van der Waals surface area (Å²) < 4.78 is 0. The van der Waals surface area contributed by atoms with E-state index in [-0.39, 0.29) is 23.0 Å². The van der Waals surface area contributed by atoms with Crippen LogP contribution >= 0.6 is 24.0 Å². The zero-order valence-corrected chi connectivity index (χ0v) is 12.9. The number of benzene rings is 1. The van der Waals surface area contributed by atoms with Crippen molar-refractivity contribution in [2.24, 2.45) is 0 Å². The van der Waals surface area contributed by atoms with Crippen molar-refractivity contribution in [3.63, 3.8) is 0 Å². The quantitative estimate of drug-likeness (QED) is 0.684. The summed E-state index contributed by atoms with van der Waals surface area (Å²) in [5.41, 5.74) is 0.823. The van der Waals surface area contributed by atoms with E-state index in [0.29, 0.717) is 17.6 Å². The van der Waals surface area contributed by atoms with Crippen molar-refractivity contribution in [2.45, 2.75) is 25.4 Å². The zero-order chi connectivity index (χ0) is 13.8. The van der Waals surface area contributed by atoms with Crippen molar-refractivity contribution in [1.29, 1.82) is 0 Å². The molecule has 0 spiro atoms. The van der Waals surface area contributed by atoms with Crippen LogP contribution < -0.4 is 5.32 Å². The number of nitro groups is 1. The molecule has 112 valence electrons. The highest BCUT2D eigenvalue weighted by atomic mass is 35.5. The van der Waals surface area contributed by atoms with Gasteiger partial charge in [0.25, 0.3) is 5.69 Å². The first kappa shape index (κ1) is 17.2. The highest BCUT2D eigenvalue weighted by molar-refractivity contribution is 6.30. The van der Waals surface area contributed by atoms with Gasteiger partial charge in [-0.15, -0.1) is 12.4 Å². The van der Waals surface area contributed by atoms with Gasteiger partial charge in [0.05, 0.1) is 4.92 Å². The molecular weight excluding hydrogens is 301 g/mol. The Morgan fingerprint density at radius 2 is 2.10 bits per heavy atom. The number of hydrogen-bond donors (Lipinski definition) is 1. The van der Waals surface area contributed by atoms with Crippen LogP contribution in [0.25, 0.3) is 0 Å². The van der Waals surface area contributed by atoms with Crippen LogP contribution in [-0.4, -0.2) is 36.0 Å². The summed E-state index contributed by atoms with van der Waals surface area (Å²) in [6.45, 7) is 2.60. The van der Waals surface area contributed by atoms with Gasteiger partial charge in [-0.25, -0.2) is 0 Å². The van der Waals surface area contributed by atoms with E-state index in [0.717, 1.165) is 31.5 Å². The van der Waals surface area contributed by atoms with Gasteiger partial charge in [0, 0.05) is 29.2 Å². The van der Waals surface area contributed by atoms with Gasteiger partial charge < -0.3 is 5.32 Å². The van der Waals surface area contributed by atoms with E-state index in [1.165, 1.54) is 6.07 Å². The molecule has 1 aliphatic rings. The lowest BCUT2D eigenvalue weighted by molar-refractivity contribution is -0.385. The number of nitro benzene ring substituents is 1. The van der Waals surface area contributed by atoms with Gasteiger partial charge in [-0.3, -0.25) is 15.0 Å². The van der Waals surface area contributed by atoms with Crippen LogP contribution in [0, 0.1) is 10.1 Å². The summed E-state index contributed by atoms with van der Waals surface area (Å²) in [6.07, 6.45) is 2.16. The van der Waals surface area contributed by atoms with Gasteiger partial charge in [0.2, 0.25) is 0 Å². The molecule has 0 radical (unpaired) electrons. The second-order valence-corrected chi connectivity index (χ2v) is 5.36. The molecule has 0 bridgehead atoms. The van der Waals surface area contributed by atoms with E-state index in [2.05, 4.69) is 10.2 Å². The fraction of sp³-hybridized carbons (Fsp3) is 0.538. The van der Waals surface area contributed by atoms with Crippen LogP contribution in [-0.2, 0) is 6.54 Å². The minimum atomic E-state index is -0.364. The van der Waals surface area contributed by atoms with Crippen molar-refractivity contribution in [3.8, 4) is 0 Å². The van der Waals surface area contributed by atoms with Gasteiger partial charge in [0.1, 0.15) is 0 Å². The van der Waals surface area contributed by atoms with E-state index in [1.807, 2.05) is 7.05 Å². The summed E-state index contributed by atoms with van der Waals surface area (Å²) in [6, 6.07) is 5.36. The number of nitrogens with zero attached hydrogens (tertiary/aromatic N) is 2. The molecular formula is C13H19Cl2N3O2. The Labute approximate surface area is 129 Å². The zero-order valence-electron chi connectivity index (χ0n) is 11.3. The molecule has 1 fully saturated rings. The third kappa shape index (κ3) is 4.31. The molecule has 1 aliphatic heterocycles. The molecule has 0 atom stereocenters. The molecule has 20 heavy (non-hydrogen) atoms. The van der Waals surface area contributed by atoms with Crippen molar-refractivity contribution in [1.82, 2.24) is 10.2 Å². The van der Waals surface area contributed by atoms with Gasteiger partial charge in [0.15, 0.2) is 0 Å². The fourth-order valence-electron chi connectivity index (χ4n) is 2.49. The van der Waals surface area contributed by atoms with Crippen LogP contribution in [0.4, 0.5) is 5.69 Å².